The number of esters is 1. The van der Waals surface area contributed by atoms with Crippen molar-refractivity contribution < 1.29 is 14.3 Å². The summed E-state index contributed by atoms with van der Waals surface area (Å²) in [6, 6.07) is 12.6. The minimum atomic E-state index is -1.01. The molecule has 2 rings (SSSR count). The van der Waals surface area contributed by atoms with Gasteiger partial charge in [0.1, 0.15) is 0 Å². The zero-order chi connectivity index (χ0) is 17.7. The van der Waals surface area contributed by atoms with Gasteiger partial charge in [-0.15, -0.1) is 0 Å². The maximum absolute atomic E-state index is 12.1. The monoisotopic (exact) mass is 343 g/mol. The molecular formula is C17H14ClN3O3. The Bertz CT molecular complexity index is 813. The van der Waals surface area contributed by atoms with Crippen LogP contribution in [0.4, 0.5) is 11.4 Å². The van der Waals surface area contributed by atoms with Crippen LogP contribution >= 0.6 is 11.6 Å². The lowest BCUT2D eigenvalue weighted by Crippen LogP contribution is -2.30. The van der Waals surface area contributed by atoms with Gasteiger partial charge in [0, 0.05) is 5.69 Å². The van der Waals surface area contributed by atoms with E-state index in [-0.39, 0.29) is 11.3 Å². The van der Waals surface area contributed by atoms with Crippen LogP contribution in [-0.2, 0) is 9.53 Å². The van der Waals surface area contributed by atoms with Gasteiger partial charge in [0.2, 0.25) is 0 Å². The van der Waals surface area contributed by atoms with Gasteiger partial charge >= 0.3 is 5.97 Å². The smallest absolute Gasteiger partial charge is 0.338 e. The summed E-state index contributed by atoms with van der Waals surface area (Å²) in [5.41, 5.74) is 7.06. The van der Waals surface area contributed by atoms with Crippen molar-refractivity contribution in [1.82, 2.24) is 0 Å². The molecule has 6 nitrogen and oxygen atoms in total. The van der Waals surface area contributed by atoms with Crippen molar-refractivity contribution in [1.29, 1.82) is 5.26 Å². The molecule has 3 N–H and O–H groups in total. The van der Waals surface area contributed by atoms with Crippen molar-refractivity contribution >= 4 is 34.9 Å². The van der Waals surface area contributed by atoms with E-state index < -0.39 is 18.0 Å². The van der Waals surface area contributed by atoms with E-state index in [1.165, 1.54) is 25.1 Å². The fourth-order valence-corrected chi connectivity index (χ4v) is 1.94. The normalized spacial score (nSPS) is 11.2. The number of halogens is 1. The van der Waals surface area contributed by atoms with Gasteiger partial charge in [-0.3, -0.25) is 4.79 Å². The lowest BCUT2D eigenvalue weighted by atomic mass is 10.2. The molecule has 0 aromatic heterocycles. The second kappa shape index (κ2) is 7.49. The number of carbonyl (C=O) groups excluding carboxylic acids is 2. The lowest BCUT2D eigenvalue weighted by Gasteiger charge is -2.14. The van der Waals surface area contributed by atoms with Crippen molar-refractivity contribution in [3.05, 3.63) is 58.6 Å². The molecule has 1 atom stereocenters. The summed E-state index contributed by atoms with van der Waals surface area (Å²) >= 11 is 5.79. The number of nitrogen functional groups attached to an aromatic ring is 1. The average Bonchev–Trinajstić information content (AvgIpc) is 2.57. The predicted molar refractivity (Wildman–Crippen MR) is 90.5 cm³/mol. The molecule has 0 radical (unpaired) electrons. The van der Waals surface area contributed by atoms with Crippen LogP contribution in [0.25, 0.3) is 0 Å². The number of benzene rings is 2. The third kappa shape index (κ3) is 4.24. The largest absolute Gasteiger partial charge is 0.449 e. The highest BCUT2D eigenvalue weighted by Gasteiger charge is 2.19. The molecule has 0 heterocycles. The Morgan fingerprint density at radius 2 is 1.92 bits per heavy atom. The van der Waals surface area contributed by atoms with Gasteiger partial charge in [0.25, 0.3) is 5.91 Å². The highest BCUT2D eigenvalue weighted by Crippen LogP contribution is 2.20. The van der Waals surface area contributed by atoms with Gasteiger partial charge in [0.15, 0.2) is 6.10 Å². The number of nitrogens with zero attached hydrogens (tertiary/aromatic N) is 1. The van der Waals surface area contributed by atoms with E-state index in [0.29, 0.717) is 16.3 Å². The Balaban J connectivity index is 1.98. The quantitative estimate of drug-likeness (QED) is 0.655. The van der Waals surface area contributed by atoms with Gasteiger partial charge in [-0.1, -0.05) is 11.6 Å². The van der Waals surface area contributed by atoms with Crippen molar-refractivity contribution in [3.8, 4) is 6.07 Å². The molecule has 2 aromatic rings. The summed E-state index contributed by atoms with van der Waals surface area (Å²) in [7, 11) is 0. The molecule has 0 aliphatic rings. The summed E-state index contributed by atoms with van der Waals surface area (Å²) in [5, 5.41) is 11.7. The first-order valence-electron chi connectivity index (χ1n) is 6.97. The van der Waals surface area contributed by atoms with Crippen LogP contribution in [0.3, 0.4) is 0 Å². The number of hydrogen-bond donors (Lipinski definition) is 2. The molecule has 7 heteroatoms. The van der Waals surface area contributed by atoms with Crippen molar-refractivity contribution in [3.63, 3.8) is 0 Å². The molecule has 2 aromatic carbocycles. The number of anilines is 2. The van der Waals surface area contributed by atoms with Gasteiger partial charge in [-0.2, -0.15) is 5.26 Å². The predicted octanol–water partition coefficient (Wildman–Crippen LogP) is 2.98. The molecule has 0 unspecified atom stereocenters. The molecule has 0 aliphatic heterocycles. The molecule has 0 saturated carbocycles. The number of carbonyl (C=O) groups is 2. The summed E-state index contributed by atoms with van der Waals surface area (Å²) in [6.07, 6.45) is -1.01. The summed E-state index contributed by atoms with van der Waals surface area (Å²) in [5.74, 6) is -1.17. The minimum absolute atomic E-state index is 0.204. The molecule has 24 heavy (non-hydrogen) atoms. The number of ether oxygens (including phenoxy) is 1. The van der Waals surface area contributed by atoms with E-state index in [4.69, 9.17) is 27.3 Å². The SMILES string of the molecule is C[C@H](OC(=O)c1ccc(Cl)c(N)c1)C(=O)Nc1ccc(C#N)cc1. The van der Waals surface area contributed by atoms with Crippen LogP contribution in [0.15, 0.2) is 42.5 Å². The van der Waals surface area contributed by atoms with E-state index in [1.807, 2.05) is 6.07 Å². The molecule has 0 aliphatic carbocycles. The molecule has 0 bridgehead atoms. The molecule has 1 amide bonds. The summed E-state index contributed by atoms with van der Waals surface area (Å²) in [6.45, 7) is 1.45. The Hall–Kier alpha value is -3.04. The van der Waals surface area contributed by atoms with E-state index in [0.717, 1.165) is 0 Å². The van der Waals surface area contributed by atoms with Crippen LogP contribution in [0.2, 0.25) is 5.02 Å². The molecule has 0 fully saturated rings. The number of nitriles is 1. The lowest BCUT2D eigenvalue weighted by molar-refractivity contribution is -0.123. The zero-order valence-electron chi connectivity index (χ0n) is 12.7. The fraction of sp³-hybridized carbons (Fsp3) is 0.118. The van der Waals surface area contributed by atoms with Crippen LogP contribution in [0.1, 0.15) is 22.8 Å². The van der Waals surface area contributed by atoms with E-state index in [2.05, 4.69) is 5.32 Å². The molecule has 122 valence electrons. The number of rotatable bonds is 4. The van der Waals surface area contributed by atoms with E-state index >= 15 is 0 Å². The maximum Gasteiger partial charge on any atom is 0.338 e. The number of nitrogens with two attached hydrogens (primary N) is 1. The minimum Gasteiger partial charge on any atom is -0.449 e. The zero-order valence-corrected chi connectivity index (χ0v) is 13.5. The van der Waals surface area contributed by atoms with Crippen LogP contribution < -0.4 is 11.1 Å². The van der Waals surface area contributed by atoms with Crippen molar-refractivity contribution in [2.24, 2.45) is 0 Å². The fourth-order valence-electron chi connectivity index (χ4n) is 1.82. The van der Waals surface area contributed by atoms with Crippen LogP contribution in [0.5, 0.6) is 0 Å². The highest BCUT2D eigenvalue weighted by molar-refractivity contribution is 6.33. The summed E-state index contributed by atoms with van der Waals surface area (Å²) in [4.78, 5) is 24.1. The topological polar surface area (TPSA) is 105 Å². The highest BCUT2D eigenvalue weighted by atomic mass is 35.5. The Kier molecular flexibility index (Phi) is 5.40. The van der Waals surface area contributed by atoms with E-state index in [9.17, 15) is 9.59 Å². The Morgan fingerprint density at radius 3 is 2.50 bits per heavy atom. The van der Waals surface area contributed by atoms with E-state index in [1.54, 1.807) is 24.3 Å². The first kappa shape index (κ1) is 17.3. The third-order valence-electron chi connectivity index (χ3n) is 3.17. The maximum atomic E-state index is 12.1. The average molecular weight is 344 g/mol. The second-order valence-electron chi connectivity index (χ2n) is 4.96. The Labute approximate surface area is 143 Å². The van der Waals surface area contributed by atoms with Crippen molar-refractivity contribution in [2.45, 2.75) is 13.0 Å². The standard InChI is InChI=1S/C17H14ClN3O3/c1-10(16(22)21-13-5-2-11(9-19)3-6-13)24-17(23)12-4-7-14(18)15(20)8-12/h2-8,10H,20H2,1H3,(H,21,22)/t10-/m0/s1. The number of hydrogen-bond acceptors (Lipinski definition) is 5. The van der Waals surface area contributed by atoms with Gasteiger partial charge in [0.05, 0.1) is 27.9 Å². The van der Waals surface area contributed by atoms with Gasteiger partial charge in [-0.25, -0.2) is 4.79 Å². The number of nitrogens with one attached hydrogen (secondary N) is 1. The molecule has 0 spiro atoms. The first-order chi connectivity index (χ1) is 11.4. The first-order valence-corrected chi connectivity index (χ1v) is 7.35. The van der Waals surface area contributed by atoms with Crippen LogP contribution in [0, 0.1) is 11.3 Å². The molecular weight excluding hydrogens is 330 g/mol. The third-order valence-corrected chi connectivity index (χ3v) is 3.51. The molecule has 0 saturated heterocycles. The van der Waals surface area contributed by atoms with Crippen molar-refractivity contribution in [2.75, 3.05) is 11.1 Å². The van der Waals surface area contributed by atoms with Gasteiger partial charge < -0.3 is 15.8 Å². The summed E-state index contributed by atoms with van der Waals surface area (Å²) < 4.78 is 5.11. The Morgan fingerprint density at radius 1 is 1.25 bits per heavy atom. The van der Waals surface area contributed by atoms with Gasteiger partial charge in [-0.05, 0) is 49.4 Å². The second-order valence-corrected chi connectivity index (χ2v) is 5.37. The number of amides is 1. The van der Waals surface area contributed by atoms with Crippen LogP contribution in [-0.4, -0.2) is 18.0 Å².